The summed E-state index contributed by atoms with van der Waals surface area (Å²) < 4.78 is 0. The predicted molar refractivity (Wildman–Crippen MR) is 54.0 cm³/mol. The van der Waals surface area contributed by atoms with Gasteiger partial charge in [-0.25, -0.2) is 0 Å². The SMILES string of the molecule is CC1(C)CC(=O)N(CC2CC2)C(=N)N1. The minimum atomic E-state index is -0.256. The largest absolute Gasteiger partial charge is 0.351 e. The first-order chi connectivity index (χ1) is 6.48. The van der Waals surface area contributed by atoms with E-state index in [0.29, 0.717) is 12.3 Å². The van der Waals surface area contributed by atoms with Crippen LogP contribution in [0.2, 0.25) is 0 Å². The van der Waals surface area contributed by atoms with Gasteiger partial charge in [0, 0.05) is 18.5 Å². The van der Waals surface area contributed by atoms with Crippen LogP contribution in [0, 0.1) is 11.3 Å². The maximum atomic E-state index is 11.7. The second kappa shape index (κ2) is 2.97. The molecule has 14 heavy (non-hydrogen) atoms. The third-order valence-electron chi connectivity index (χ3n) is 2.76. The summed E-state index contributed by atoms with van der Waals surface area (Å²) in [6, 6.07) is 0. The molecule has 2 fully saturated rings. The average Bonchev–Trinajstić information content (AvgIpc) is 2.77. The van der Waals surface area contributed by atoms with E-state index in [9.17, 15) is 4.79 Å². The molecule has 2 N–H and O–H groups in total. The van der Waals surface area contributed by atoms with Crippen molar-refractivity contribution in [3.05, 3.63) is 0 Å². The quantitative estimate of drug-likeness (QED) is 0.688. The molecule has 1 amide bonds. The standard InChI is InChI=1S/C10H17N3O/c1-10(2)5-8(14)13(9(11)12-10)6-7-3-4-7/h7H,3-6H2,1-2H3,(H2,11,12). The highest BCUT2D eigenvalue weighted by Crippen LogP contribution is 2.31. The van der Waals surface area contributed by atoms with Gasteiger partial charge in [-0.3, -0.25) is 15.1 Å². The van der Waals surface area contributed by atoms with Crippen LogP contribution in [0.3, 0.4) is 0 Å². The number of hydrogen-bond donors (Lipinski definition) is 2. The molecule has 4 nitrogen and oxygen atoms in total. The number of carbonyl (C=O) groups is 1. The van der Waals surface area contributed by atoms with Crippen molar-refractivity contribution in [3.8, 4) is 0 Å². The third-order valence-corrected chi connectivity index (χ3v) is 2.76. The van der Waals surface area contributed by atoms with Gasteiger partial charge in [0.25, 0.3) is 0 Å². The summed E-state index contributed by atoms with van der Waals surface area (Å²) in [5.74, 6) is 1.01. The van der Waals surface area contributed by atoms with Gasteiger partial charge in [-0.15, -0.1) is 0 Å². The van der Waals surface area contributed by atoms with E-state index in [4.69, 9.17) is 5.41 Å². The van der Waals surface area contributed by atoms with Crippen LogP contribution in [-0.4, -0.2) is 28.9 Å². The Kier molecular flexibility index (Phi) is 2.01. The van der Waals surface area contributed by atoms with Gasteiger partial charge in [0.05, 0.1) is 0 Å². The van der Waals surface area contributed by atoms with Crippen LogP contribution in [0.25, 0.3) is 0 Å². The van der Waals surface area contributed by atoms with E-state index in [1.165, 1.54) is 12.8 Å². The maximum absolute atomic E-state index is 11.7. The molecule has 4 heteroatoms. The molecule has 1 aliphatic heterocycles. The van der Waals surface area contributed by atoms with Crippen molar-refractivity contribution in [2.75, 3.05) is 6.54 Å². The van der Waals surface area contributed by atoms with Crippen molar-refractivity contribution in [1.29, 1.82) is 5.41 Å². The second-order valence-electron chi connectivity index (χ2n) is 4.98. The molecule has 0 aromatic rings. The maximum Gasteiger partial charge on any atom is 0.231 e. The van der Waals surface area contributed by atoms with Crippen molar-refractivity contribution in [2.24, 2.45) is 5.92 Å². The Morgan fingerprint density at radius 2 is 2.21 bits per heavy atom. The van der Waals surface area contributed by atoms with Crippen LogP contribution in [-0.2, 0) is 4.79 Å². The molecule has 0 unspecified atom stereocenters. The van der Waals surface area contributed by atoms with Gasteiger partial charge in [-0.2, -0.15) is 0 Å². The third kappa shape index (κ3) is 1.89. The predicted octanol–water partition coefficient (Wildman–Crippen LogP) is 0.932. The average molecular weight is 195 g/mol. The van der Waals surface area contributed by atoms with Crippen molar-refractivity contribution < 1.29 is 4.79 Å². The zero-order valence-corrected chi connectivity index (χ0v) is 8.76. The first-order valence-corrected chi connectivity index (χ1v) is 5.15. The lowest BCUT2D eigenvalue weighted by atomic mass is 9.97. The summed E-state index contributed by atoms with van der Waals surface area (Å²) in [7, 11) is 0. The molecule has 0 aromatic heterocycles. The number of rotatable bonds is 2. The molecule has 2 rings (SSSR count). The molecule has 1 heterocycles. The molecule has 1 aliphatic carbocycles. The van der Waals surface area contributed by atoms with Crippen LogP contribution >= 0.6 is 0 Å². The monoisotopic (exact) mass is 195 g/mol. The zero-order valence-electron chi connectivity index (χ0n) is 8.76. The fourth-order valence-electron chi connectivity index (χ4n) is 1.78. The van der Waals surface area contributed by atoms with Crippen molar-refractivity contribution in [3.63, 3.8) is 0 Å². The lowest BCUT2D eigenvalue weighted by Gasteiger charge is -2.38. The molecular weight excluding hydrogens is 178 g/mol. The minimum Gasteiger partial charge on any atom is -0.351 e. The van der Waals surface area contributed by atoms with Gasteiger partial charge in [0.15, 0.2) is 5.96 Å². The fourth-order valence-corrected chi connectivity index (χ4v) is 1.78. The molecule has 0 atom stereocenters. The second-order valence-corrected chi connectivity index (χ2v) is 4.98. The van der Waals surface area contributed by atoms with E-state index in [1.54, 1.807) is 4.90 Å². The Bertz CT molecular complexity index is 261. The Labute approximate surface area is 84.2 Å². The van der Waals surface area contributed by atoms with Gasteiger partial charge in [-0.05, 0) is 32.6 Å². The highest BCUT2D eigenvalue weighted by molar-refractivity contribution is 5.99. The Balaban J connectivity index is 2.03. The fraction of sp³-hybridized carbons (Fsp3) is 0.800. The van der Waals surface area contributed by atoms with E-state index in [1.807, 2.05) is 13.8 Å². The number of amides is 1. The molecular formula is C10H17N3O. The lowest BCUT2D eigenvalue weighted by Crippen LogP contribution is -2.60. The van der Waals surface area contributed by atoms with Crippen molar-refractivity contribution in [1.82, 2.24) is 10.2 Å². The molecule has 1 saturated carbocycles. The van der Waals surface area contributed by atoms with Crippen molar-refractivity contribution in [2.45, 2.75) is 38.6 Å². The topological polar surface area (TPSA) is 56.2 Å². The molecule has 0 bridgehead atoms. The summed E-state index contributed by atoms with van der Waals surface area (Å²) in [6.45, 7) is 4.64. The summed E-state index contributed by atoms with van der Waals surface area (Å²) in [5.41, 5.74) is -0.256. The van der Waals surface area contributed by atoms with E-state index in [-0.39, 0.29) is 17.4 Å². The van der Waals surface area contributed by atoms with Crippen LogP contribution in [0.1, 0.15) is 33.1 Å². The highest BCUT2D eigenvalue weighted by Gasteiger charge is 2.37. The smallest absolute Gasteiger partial charge is 0.231 e. The zero-order chi connectivity index (χ0) is 10.3. The van der Waals surface area contributed by atoms with Crippen molar-refractivity contribution >= 4 is 11.9 Å². The van der Waals surface area contributed by atoms with E-state index in [0.717, 1.165) is 6.54 Å². The van der Waals surface area contributed by atoms with Gasteiger partial charge in [-0.1, -0.05) is 0 Å². The molecule has 2 aliphatic rings. The summed E-state index contributed by atoms with van der Waals surface area (Å²) in [6.07, 6.45) is 2.91. The Morgan fingerprint density at radius 3 is 2.71 bits per heavy atom. The van der Waals surface area contributed by atoms with Crippen LogP contribution in [0.5, 0.6) is 0 Å². The van der Waals surface area contributed by atoms with Gasteiger partial charge >= 0.3 is 0 Å². The highest BCUT2D eigenvalue weighted by atomic mass is 16.2. The van der Waals surface area contributed by atoms with E-state index >= 15 is 0 Å². The van der Waals surface area contributed by atoms with E-state index in [2.05, 4.69) is 5.32 Å². The van der Waals surface area contributed by atoms with Crippen LogP contribution in [0.15, 0.2) is 0 Å². The Morgan fingerprint density at radius 1 is 1.57 bits per heavy atom. The Hall–Kier alpha value is -1.06. The molecule has 1 saturated heterocycles. The lowest BCUT2D eigenvalue weighted by molar-refractivity contribution is -0.130. The number of nitrogens with one attached hydrogen (secondary N) is 2. The molecule has 0 aromatic carbocycles. The van der Waals surface area contributed by atoms with E-state index < -0.39 is 0 Å². The number of hydrogen-bond acceptors (Lipinski definition) is 2. The first kappa shape index (κ1) is 9.49. The molecule has 78 valence electrons. The summed E-state index contributed by atoms with van der Waals surface area (Å²) in [4.78, 5) is 13.3. The number of guanidine groups is 1. The van der Waals surface area contributed by atoms with Gasteiger partial charge < -0.3 is 5.32 Å². The molecule has 0 radical (unpaired) electrons. The van der Waals surface area contributed by atoms with Gasteiger partial charge in [0.1, 0.15) is 0 Å². The number of nitrogens with zero attached hydrogens (tertiary/aromatic N) is 1. The summed E-state index contributed by atoms with van der Waals surface area (Å²) in [5, 5.41) is 10.8. The van der Waals surface area contributed by atoms with Gasteiger partial charge in [0.2, 0.25) is 5.91 Å². The van der Waals surface area contributed by atoms with Crippen LogP contribution in [0.4, 0.5) is 0 Å². The number of carbonyl (C=O) groups excluding carboxylic acids is 1. The van der Waals surface area contributed by atoms with Crippen LogP contribution < -0.4 is 5.32 Å². The normalized spacial score (nSPS) is 26.3. The first-order valence-electron chi connectivity index (χ1n) is 5.15. The minimum absolute atomic E-state index is 0.0886. The molecule has 0 spiro atoms. The summed E-state index contributed by atoms with van der Waals surface area (Å²) >= 11 is 0.